The van der Waals surface area contributed by atoms with Crippen LogP contribution in [0.4, 0.5) is 0 Å². The lowest BCUT2D eigenvalue weighted by atomic mass is 9.92. The monoisotopic (exact) mass is 365 g/mol. The van der Waals surface area contributed by atoms with Crippen molar-refractivity contribution in [2.75, 3.05) is 0 Å². The summed E-state index contributed by atoms with van der Waals surface area (Å²) in [6.07, 6.45) is 2.20. The Bertz CT molecular complexity index is 666. The van der Waals surface area contributed by atoms with Gasteiger partial charge in [-0.05, 0) is 33.6 Å². The smallest absolute Gasteiger partial charge is 0.298 e. The third-order valence-corrected chi connectivity index (χ3v) is 3.45. The molecule has 0 saturated heterocycles. The van der Waals surface area contributed by atoms with Gasteiger partial charge in [0.1, 0.15) is 12.5 Å². The molecule has 0 radical (unpaired) electrons. The first-order valence-corrected chi connectivity index (χ1v) is 7.24. The van der Waals surface area contributed by atoms with Crippen molar-refractivity contribution >= 4 is 26.4 Å². The van der Waals surface area contributed by atoms with Crippen LogP contribution in [-0.4, -0.2) is 15.4 Å². The summed E-state index contributed by atoms with van der Waals surface area (Å²) >= 11 is 2.71. The largest absolute Gasteiger partial charge is 0.482 e. The zero-order valence-electron chi connectivity index (χ0n) is 11.4. The normalized spacial score (nSPS) is 17.5. The molecule has 0 aliphatic heterocycles. The summed E-state index contributed by atoms with van der Waals surface area (Å²) in [6.45, 7) is 0.140. The van der Waals surface area contributed by atoms with Crippen molar-refractivity contribution in [2.24, 2.45) is 5.92 Å². The average Bonchev–Trinajstić information content (AvgIpc) is 2.48. The number of ether oxygens (including phenoxy) is 1. The first-order chi connectivity index (χ1) is 10.5. The Labute approximate surface area is 134 Å². The van der Waals surface area contributed by atoms with Crippen LogP contribution >= 0.6 is 15.9 Å². The number of nitro groups is 1. The van der Waals surface area contributed by atoms with Crippen molar-refractivity contribution in [3.63, 3.8) is 0 Å². The Hall–Kier alpha value is -2.28. The third kappa shape index (κ3) is 3.88. The maximum atomic E-state index is 11.8. The van der Waals surface area contributed by atoms with Crippen LogP contribution in [0.3, 0.4) is 0 Å². The molecule has 1 aromatic rings. The fourth-order valence-electron chi connectivity index (χ4n) is 2.10. The molecule has 7 heteroatoms. The van der Waals surface area contributed by atoms with Crippen molar-refractivity contribution in [3.05, 3.63) is 69.6 Å². The maximum Gasteiger partial charge on any atom is 0.298 e. The molecule has 0 heterocycles. The summed E-state index contributed by atoms with van der Waals surface area (Å²) < 4.78 is 5.01. The van der Waals surface area contributed by atoms with E-state index in [0.29, 0.717) is 0 Å². The van der Waals surface area contributed by atoms with Gasteiger partial charge in [0.05, 0.1) is 4.92 Å². The van der Waals surface area contributed by atoms with Crippen LogP contribution in [0.2, 0.25) is 0 Å². The molecule has 0 N–H and O–H groups in total. The fourth-order valence-corrected chi connectivity index (χ4v) is 2.42. The van der Waals surface area contributed by atoms with Gasteiger partial charge in [-0.15, -0.1) is 0 Å². The number of benzene rings is 1. The third-order valence-electron chi connectivity index (χ3n) is 3.12. The zero-order valence-corrected chi connectivity index (χ0v) is 13.0. The van der Waals surface area contributed by atoms with Crippen LogP contribution in [0.25, 0.3) is 0 Å². The average molecular weight is 366 g/mol. The molecule has 22 heavy (non-hydrogen) atoms. The predicted octanol–water partition coefficient (Wildman–Crippen LogP) is 2.76. The molecule has 1 aliphatic carbocycles. The maximum absolute atomic E-state index is 11.8. The van der Waals surface area contributed by atoms with Gasteiger partial charge < -0.3 is 4.74 Å². The lowest BCUT2D eigenvalue weighted by molar-refractivity contribution is -0.435. The Kier molecular flexibility index (Phi) is 5.21. The minimum Gasteiger partial charge on any atom is -0.482 e. The number of rotatable bonds is 6. The van der Waals surface area contributed by atoms with E-state index in [-0.39, 0.29) is 24.5 Å². The lowest BCUT2D eigenvalue weighted by Crippen LogP contribution is -2.26. The molecule has 0 bridgehead atoms. The number of hydrogen-bond donors (Lipinski definition) is 0. The van der Waals surface area contributed by atoms with Crippen molar-refractivity contribution in [1.82, 2.24) is 0 Å². The van der Waals surface area contributed by atoms with E-state index in [1.807, 2.05) is 30.3 Å². The number of nitrogens with zero attached hydrogens (tertiary/aromatic N) is 1. The highest BCUT2D eigenvalue weighted by molar-refractivity contribution is 9.18. The van der Waals surface area contributed by atoms with Crippen molar-refractivity contribution in [2.45, 2.75) is 13.0 Å². The number of halogens is 1. The molecule has 1 unspecified atom stereocenters. The number of carbonyl (C=O) groups excluding carboxylic acids is 2. The van der Waals surface area contributed by atoms with Gasteiger partial charge in [0.15, 0.2) is 16.2 Å². The van der Waals surface area contributed by atoms with E-state index in [2.05, 4.69) is 15.9 Å². The van der Waals surface area contributed by atoms with Gasteiger partial charge in [-0.1, -0.05) is 30.3 Å². The Balaban J connectivity index is 2.26. The van der Waals surface area contributed by atoms with E-state index in [9.17, 15) is 19.7 Å². The SMILES string of the molecule is O=C(Br)CC1C(=O)C=CC(OCc2ccccc2)=C1[N+](=O)[O-]. The predicted molar refractivity (Wildman–Crippen MR) is 81.4 cm³/mol. The second-order valence-electron chi connectivity index (χ2n) is 4.63. The van der Waals surface area contributed by atoms with E-state index in [4.69, 9.17) is 4.74 Å². The standard InChI is InChI=1S/C15H12BrNO5/c16-14(19)8-11-12(18)6-7-13(15(11)17(20)21)22-9-10-4-2-1-3-5-10/h1-7,11H,8-9H2. The van der Waals surface area contributed by atoms with Gasteiger partial charge in [-0.2, -0.15) is 0 Å². The molecule has 0 amide bonds. The second kappa shape index (κ2) is 7.13. The number of allylic oxidation sites excluding steroid dienone is 3. The molecule has 0 fully saturated rings. The Morgan fingerprint density at radius 3 is 2.55 bits per heavy atom. The molecule has 0 spiro atoms. The summed E-state index contributed by atoms with van der Waals surface area (Å²) in [5.74, 6) is -1.60. The molecule has 0 saturated carbocycles. The first kappa shape index (κ1) is 16.1. The number of ketones is 1. The topological polar surface area (TPSA) is 86.5 Å². The summed E-state index contributed by atoms with van der Waals surface area (Å²) in [7, 11) is 0. The van der Waals surface area contributed by atoms with Crippen molar-refractivity contribution in [3.8, 4) is 0 Å². The minimum atomic E-state index is -1.13. The molecule has 6 nitrogen and oxygen atoms in total. The van der Waals surface area contributed by atoms with Crippen LogP contribution < -0.4 is 0 Å². The fraction of sp³-hybridized carbons (Fsp3) is 0.200. The van der Waals surface area contributed by atoms with Gasteiger partial charge in [0.25, 0.3) is 5.70 Å². The minimum absolute atomic E-state index is 0.00667. The molecule has 114 valence electrons. The Morgan fingerprint density at radius 2 is 1.95 bits per heavy atom. The summed E-state index contributed by atoms with van der Waals surface area (Å²) in [4.78, 5) is 33.6. The molecule has 1 atom stereocenters. The van der Waals surface area contributed by atoms with E-state index < -0.39 is 21.3 Å². The lowest BCUT2D eigenvalue weighted by Gasteiger charge is -2.17. The number of hydrogen-bond acceptors (Lipinski definition) is 5. The summed E-state index contributed by atoms with van der Waals surface area (Å²) in [6, 6.07) is 9.15. The summed E-state index contributed by atoms with van der Waals surface area (Å²) in [5.41, 5.74) is 0.465. The molecular formula is C15H12BrNO5. The first-order valence-electron chi connectivity index (χ1n) is 6.44. The summed E-state index contributed by atoms with van der Waals surface area (Å²) in [5, 5.41) is 11.3. The molecule has 1 aromatic carbocycles. The van der Waals surface area contributed by atoms with Crippen LogP contribution in [0.15, 0.2) is 53.9 Å². The van der Waals surface area contributed by atoms with E-state index in [1.165, 1.54) is 12.2 Å². The van der Waals surface area contributed by atoms with Gasteiger partial charge in [-0.3, -0.25) is 19.7 Å². The van der Waals surface area contributed by atoms with Crippen LogP contribution in [0, 0.1) is 16.0 Å². The van der Waals surface area contributed by atoms with E-state index in [1.54, 1.807) is 0 Å². The van der Waals surface area contributed by atoms with Crippen LogP contribution in [-0.2, 0) is 20.9 Å². The molecule has 1 aliphatic rings. The highest BCUT2D eigenvalue weighted by atomic mass is 79.9. The highest BCUT2D eigenvalue weighted by Crippen LogP contribution is 2.28. The van der Waals surface area contributed by atoms with Gasteiger partial charge in [-0.25, -0.2) is 0 Å². The molecule has 0 aromatic heterocycles. The second-order valence-corrected chi connectivity index (χ2v) is 5.51. The van der Waals surface area contributed by atoms with Crippen molar-refractivity contribution in [1.29, 1.82) is 0 Å². The molecular weight excluding hydrogens is 354 g/mol. The Morgan fingerprint density at radius 1 is 1.27 bits per heavy atom. The van der Waals surface area contributed by atoms with Gasteiger partial charge in [0.2, 0.25) is 0 Å². The van der Waals surface area contributed by atoms with Crippen LogP contribution in [0.5, 0.6) is 0 Å². The van der Waals surface area contributed by atoms with Crippen molar-refractivity contribution < 1.29 is 19.2 Å². The molecule has 2 rings (SSSR count). The van der Waals surface area contributed by atoms with Crippen LogP contribution in [0.1, 0.15) is 12.0 Å². The highest BCUT2D eigenvalue weighted by Gasteiger charge is 2.38. The number of carbonyl (C=O) groups is 2. The quantitative estimate of drug-likeness (QED) is 0.439. The van der Waals surface area contributed by atoms with E-state index >= 15 is 0 Å². The van der Waals surface area contributed by atoms with E-state index in [0.717, 1.165) is 5.56 Å². The van der Waals surface area contributed by atoms with Gasteiger partial charge in [0, 0.05) is 6.42 Å². The van der Waals surface area contributed by atoms with Gasteiger partial charge >= 0.3 is 0 Å². The zero-order chi connectivity index (χ0) is 16.1.